The summed E-state index contributed by atoms with van der Waals surface area (Å²) in [6, 6.07) is 36.9. The van der Waals surface area contributed by atoms with E-state index in [0.29, 0.717) is 0 Å². The summed E-state index contributed by atoms with van der Waals surface area (Å²) < 4.78 is 28.7. The fourth-order valence-electron chi connectivity index (χ4n) is 4.84. The molecule has 0 unspecified atom stereocenters. The van der Waals surface area contributed by atoms with Gasteiger partial charge in [-0.1, -0.05) is 0 Å². The Morgan fingerprint density at radius 3 is 1.69 bits per heavy atom. The Morgan fingerprint density at radius 2 is 1.19 bits per heavy atom. The topological polar surface area (TPSA) is 35.5 Å². The number of methoxy groups -OCH3 is 2. The minimum absolute atomic E-state index is 0.0723. The molecule has 0 N–H and O–H groups in total. The molecule has 5 heteroatoms. The van der Waals surface area contributed by atoms with Crippen molar-refractivity contribution in [2.75, 3.05) is 14.2 Å². The summed E-state index contributed by atoms with van der Waals surface area (Å²) in [5, 5.41) is 1.90. The molecule has 5 rings (SSSR count). The molecule has 3 nitrogen and oxygen atoms in total. The summed E-state index contributed by atoms with van der Waals surface area (Å²) in [6.45, 7) is 0. The van der Waals surface area contributed by atoms with Gasteiger partial charge < -0.3 is 0 Å². The van der Waals surface area contributed by atoms with Crippen LogP contribution in [0.4, 0.5) is 0 Å². The fraction of sp³-hybridized carbons (Fsp3) is 0.161. The van der Waals surface area contributed by atoms with Gasteiger partial charge in [0, 0.05) is 0 Å². The molecular formula is C31H29O3PTe. The predicted octanol–water partition coefficient (Wildman–Crippen LogP) is 6.28. The van der Waals surface area contributed by atoms with Gasteiger partial charge in [0.2, 0.25) is 0 Å². The van der Waals surface area contributed by atoms with Crippen LogP contribution in [0.5, 0.6) is 11.5 Å². The van der Waals surface area contributed by atoms with Crippen LogP contribution >= 0.6 is 7.14 Å². The Balaban J connectivity index is 1.64. The molecule has 4 aromatic rings. The number of benzene rings is 4. The number of allylic oxidation sites excluding steroid dienone is 1. The second kappa shape index (κ2) is 11.1. The molecule has 0 radical (unpaired) electrons. The number of hydrogen-bond donors (Lipinski definition) is 0. The molecule has 0 amide bonds. The Kier molecular flexibility index (Phi) is 7.68. The first-order valence-electron chi connectivity index (χ1n) is 12.0. The van der Waals surface area contributed by atoms with Crippen LogP contribution in [0.1, 0.15) is 23.5 Å². The normalized spacial score (nSPS) is 17.8. The first kappa shape index (κ1) is 24.9. The quantitative estimate of drug-likeness (QED) is 0.183. The number of hydrogen-bond acceptors (Lipinski definition) is 3. The molecule has 0 bridgehead atoms. The second-order valence-corrected chi connectivity index (χ2v) is 15.7. The van der Waals surface area contributed by atoms with E-state index in [1.807, 2.05) is 60.7 Å². The molecule has 36 heavy (non-hydrogen) atoms. The van der Waals surface area contributed by atoms with Crippen LogP contribution in [0.2, 0.25) is 0 Å². The second-order valence-electron chi connectivity index (χ2n) is 8.81. The number of rotatable bonds is 7. The maximum atomic E-state index is 15.4. The van der Waals surface area contributed by atoms with Crippen LogP contribution in [0.15, 0.2) is 113 Å². The third-order valence-electron chi connectivity index (χ3n) is 6.78. The van der Waals surface area contributed by atoms with Gasteiger partial charge >= 0.3 is 224 Å². The van der Waals surface area contributed by atoms with Crippen LogP contribution < -0.4 is 20.1 Å². The summed E-state index contributed by atoms with van der Waals surface area (Å²) in [6.07, 6.45) is 0.845. The van der Waals surface area contributed by atoms with Crippen LogP contribution in [0.3, 0.4) is 0 Å². The van der Waals surface area contributed by atoms with E-state index in [2.05, 4.69) is 52.7 Å². The molecule has 0 aliphatic carbocycles. The van der Waals surface area contributed by atoms with E-state index < -0.39 is 28.1 Å². The van der Waals surface area contributed by atoms with Crippen molar-refractivity contribution in [3.05, 3.63) is 124 Å². The van der Waals surface area contributed by atoms with Crippen molar-refractivity contribution >= 4 is 44.2 Å². The van der Waals surface area contributed by atoms with Crippen molar-refractivity contribution < 1.29 is 14.0 Å². The fourth-order valence-corrected chi connectivity index (χ4v) is 14.7. The molecule has 2 atom stereocenters. The summed E-state index contributed by atoms with van der Waals surface area (Å²) in [5.74, 6) is 1.84. The van der Waals surface area contributed by atoms with Gasteiger partial charge in [-0.3, -0.25) is 0 Å². The van der Waals surface area contributed by atoms with Gasteiger partial charge in [0.15, 0.2) is 0 Å². The standard InChI is InChI=1S/C31H29O3PTe/c1-33-26-17-13-23(14-18-26)25-21-30(24-15-19-27(34-2)20-16-24)31(36-22-25)35(32,28-9-5-3-6-10-28)29-11-7-4-8-12-29/h3-20,22,30-31H,21H2,1-2H3/t30-,31+/m1/s1. The van der Waals surface area contributed by atoms with Crippen LogP contribution in [0.25, 0.3) is 5.57 Å². The van der Waals surface area contributed by atoms with Crippen molar-refractivity contribution in [3.8, 4) is 11.5 Å². The molecule has 0 saturated heterocycles. The van der Waals surface area contributed by atoms with Crippen LogP contribution in [0, 0.1) is 0 Å². The molecule has 1 aliphatic heterocycles. The number of ether oxygens (including phenoxy) is 2. The maximum absolute atomic E-state index is 15.4. The Hall–Kier alpha value is -2.76. The first-order chi connectivity index (χ1) is 17.6. The summed E-state index contributed by atoms with van der Waals surface area (Å²) in [5.41, 5.74) is 3.77. The molecular weight excluding hydrogens is 579 g/mol. The van der Waals surface area contributed by atoms with Crippen molar-refractivity contribution in [3.63, 3.8) is 0 Å². The average molecular weight is 608 g/mol. The van der Waals surface area contributed by atoms with E-state index in [9.17, 15) is 0 Å². The van der Waals surface area contributed by atoms with E-state index in [0.717, 1.165) is 28.5 Å². The third-order valence-corrected chi connectivity index (χ3v) is 16.3. The van der Waals surface area contributed by atoms with Gasteiger partial charge in [-0.05, 0) is 0 Å². The van der Waals surface area contributed by atoms with Gasteiger partial charge in [-0.15, -0.1) is 0 Å². The predicted molar refractivity (Wildman–Crippen MR) is 151 cm³/mol. The zero-order chi connectivity index (χ0) is 25.0. The first-order valence-corrected chi connectivity index (χ1v) is 16.4. The van der Waals surface area contributed by atoms with Crippen molar-refractivity contribution in [2.45, 2.75) is 16.0 Å². The molecule has 1 heterocycles. The van der Waals surface area contributed by atoms with Crippen LogP contribution in [-0.4, -0.2) is 38.8 Å². The van der Waals surface area contributed by atoms with Crippen LogP contribution in [-0.2, 0) is 4.57 Å². The minimum atomic E-state index is -2.91. The van der Waals surface area contributed by atoms with Gasteiger partial charge in [-0.2, -0.15) is 0 Å². The molecule has 4 aromatic carbocycles. The van der Waals surface area contributed by atoms with E-state index in [1.165, 1.54) is 16.7 Å². The Morgan fingerprint density at radius 1 is 0.694 bits per heavy atom. The Labute approximate surface area is 223 Å². The van der Waals surface area contributed by atoms with Crippen molar-refractivity contribution in [1.29, 1.82) is 0 Å². The zero-order valence-electron chi connectivity index (χ0n) is 20.4. The van der Waals surface area contributed by atoms with E-state index >= 15 is 4.57 Å². The van der Waals surface area contributed by atoms with Gasteiger partial charge in [-0.25, -0.2) is 0 Å². The molecule has 0 fully saturated rings. The van der Waals surface area contributed by atoms with Crippen molar-refractivity contribution in [1.82, 2.24) is 0 Å². The van der Waals surface area contributed by atoms with Gasteiger partial charge in [0.05, 0.1) is 0 Å². The molecule has 1 aliphatic rings. The van der Waals surface area contributed by atoms with E-state index in [-0.39, 0.29) is 9.62 Å². The van der Waals surface area contributed by atoms with Gasteiger partial charge in [0.1, 0.15) is 0 Å². The van der Waals surface area contributed by atoms with E-state index in [1.54, 1.807) is 14.2 Å². The Bertz CT molecular complexity index is 1320. The average Bonchev–Trinajstić information content (AvgIpc) is 2.97. The van der Waals surface area contributed by atoms with Gasteiger partial charge in [0.25, 0.3) is 0 Å². The molecule has 0 spiro atoms. The summed E-state index contributed by atoms with van der Waals surface area (Å²) >= 11 is -0.767. The molecule has 182 valence electrons. The SMILES string of the molecule is COc1ccc(C2=C[Te][C@H](P(=O)(c3ccccc3)c3ccccc3)[C@@H](c3ccc(OC)cc3)C2)cc1. The van der Waals surface area contributed by atoms with E-state index in [4.69, 9.17) is 9.47 Å². The third kappa shape index (κ3) is 4.91. The zero-order valence-corrected chi connectivity index (χ0v) is 23.6. The summed E-state index contributed by atoms with van der Waals surface area (Å²) in [7, 11) is 0.471. The molecule has 0 saturated carbocycles. The monoisotopic (exact) mass is 610 g/mol. The summed E-state index contributed by atoms with van der Waals surface area (Å²) in [4.78, 5) is 0. The van der Waals surface area contributed by atoms with Crippen molar-refractivity contribution in [2.24, 2.45) is 0 Å². The molecule has 0 aromatic heterocycles.